The van der Waals surface area contributed by atoms with Crippen molar-refractivity contribution < 1.29 is 9.53 Å². The van der Waals surface area contributed by atoms with Gasteiger partial charge in [-0.3, -0.25) is 4.79 Å². The SMILES string of the molecule is CC(C1CCOCC1)N1CCC(CN2CCC(C(N)=O)CC2)C1. The third-order valence-electron chi connectivity index (χ3n) is 6.35. The smallest absolute Gasteiger partial charge is 0.220 e. The van der Waals surface area contributed by atoms with E-state index in [0.29, 0.717) is 6.04 Å². The van der Waals surface area contributed by atoms with E-state index in [9.17, 15) is 4.79 Å². The summed E-state index contributed by atoms with van der Waals surface area (Å²) >= 11 is 0. The molecule has 5 heteroatoms. The largest absolute Gasteiger partial charge is 0.381 e. The summed E-state index contributed by atoms with van der Waals surface area (Å²) in [5, 5.41) is 0. The maximum atomic E-state index is 11.3. The molecule has 0 aliphatic carbocycles. The summed E-state index contributed by atoms with van der Waals surface area (Å²) in [5.74, 6) is 1.61. The van der Waals surface area contributed by atoms with E-state index in [-0.39, 0.29) is 11.8 Å². The highest BCUT2D eigenvalue weighted by Gasteiger charge is 2.32. The number of hydrogen-bond donors (Lipinski definition) is 1. The van der Waals surface area contributed by atoms with Gasteiger partial charge in [-0.1, -0.05) is 0 Å². The van der Waals surface area contributed by atoms with Gasteiger partial charge in [0.15, 0.2) is 0 Å². The zero-order valence-electron chi connectivity index (χ0n) is 14.6. The summed E-state index contributed by atoms with van der Waals surface area (Å²) in [5.41, 5.74) is 5.43. The van der Waals surface area contributed by atoms with Gasteiger partial charge in [0.2, 0.25) is 5.91 Å². The van der Waals surface area contributed by atoms with Gasteiger partial charge in [-0.25, -0.2) is 0 Å². The van der Waals surface area contributed by atoms with Crippen molar-refractivity contribution in [2.75, 3.05) is 45.9 Å². The molecule has 3 aliphatic rings. The number of rotatable bonds is 5. The van der Waals surface area contributed by atoms with E-state index in [4.69, 9.17) is 10.5 Å². The lowest BCUT2D eigenvalue weighted by Gasteiger charge is -2.35. The highest BCUT2D eigenvalue weighted by molar-refractivity contribution is 5.76. The Hall–Kier alpha value is -0.650. The molecule has 2 atom stereocenters. The lowest BCUT2D eigenvalue weighted by molar-refractivity contribution is -0.123. The molecule has 0 spiro atoms. The zero-order valence-corrected chi connectivity index (χ0v) is 14.6. The molecule has 1 amide bonds. The topological polar surface area (TPSA) is 58.8 Å². The molecular weight excluding hydrogens is 290 g/mol. The summed E-state index contributed by atoms with van der Waals surface area (Å²) in [6.45, 7) is 10.1. The molecule has 0 saturated carbocycles. The first-order chi connectivity index (χ1) is 11.1. The summed E-state index contributed by atoms with van der Waals surface area (Å²) in [6.07, 6.45) is 5.67. The van der Waals surface area contributed by atoms with Gasteiger partial charge in [0.1, 0.15) is 0 Å². The third-order valence-corrected chi connectivity index (χ3v) is 6.35. The molecule has 5 nitrogen and oxygen atoms in total. The number of amides is 1. The minimum atomic E-state index is -0.109. The normalized spacial score (nSPS) is 30.6. The Kier molecular flexibility index (Phi) is 5.94. The Balaban J connectivity index is 1.40. The molecule has 2 unspecified atom stereocenters. The standard InChI is InChI=1S/C18H33N3O2/c1-14(16-5-10-23-11-6-16)21-9-2-15(13-21)12-20-7-3-17(4-8-20)18(19)22/h14-17H,2-13H2,1H3,(H2,19,22). The monoisotopic (exact) mass is 323 g/mol. The van der Waals surface area contributed by atoms with Crippen molar-refractivity contribution >= 4 is 5.91 Å². The first-order valence-electron chi connectivity index (χ1n) is 9.47. The van der Waals surface area contributed by atoms with Gasteiger partial charge in [-0.2, -0.15) is 0 Å². The second kappa shape index (κ2) is 7.95. The van der Waals surface area contributed by atoms with Gasteiger partial charge in [0.05, 0.1) is 0 Å². The number of carbonyl (C=O) groups excluding carboxylic acids is 1. The molecule has 0 aromatic rings. The Labute approximate surface area is 140 Å². The van der Waals surface area contributed by atoms with Crippen LogP contribution < -0.4 is 5.73 Å². The van der Waals surface area contributed by atoms with Gasteiger partial charge in [-0.15, -0.1) is 0 Å². The Morgan fingerprint density at radius 2 is 1.83 bits per heavy atom. The average molecular weight is 323 g/mol. The number of ether oxygens (including phenoxy) is 1. The Bertz CT molecular complexity index is 390. The van der Waals surface area contributed by atoms with E-state index >= 15 is 0 Å². The first kappa shape index (κ1) is 17.2. The number of piperidine rings is 1. The quantitative estimate of drug-likeness (QED) is 0.829. The van der Waals surface area contributed by atoms with Crippen molar-refractivity contribution in [2.24, 2.45) is 23.5 Å². The van der Waals surface area contributed by atoms with Gasteiger partial charge in [0.25, 0.3) is 0 Å². The molecule has 3 heterocycles. The lowest BCUT2D eigenvalue weighted by atomic mass is 9.92. The molecule has 3 fully saturated rings. The molecule has 132 valence electrons. The molecule has 3 saturated heterocycles. The van der Waals surface area contributed by atoms with Crippen molar-refractivity contribution in [1.82, 2.24) is 9.80 Å². The molecule has 0 aromatic heterocycles. The summed E-state index contributed by atoms with van der Waals surface area (Å²) in [7, 11) is 0. The molecule has 3 rings (SSSR count). The molecule has 2 N–H and O–H groups in total. The fourth-order valence-corrected chi connectivity index (χ4v) is 4.64. The fourth-order valence-electron chi connectivity index (χ4n) is 4.64. The second-order valence-electron chi connectivity index (χ2n) is 7.82. The van der Waals surface area contributed by atoms with Crippen LogP contribution in [0.4, 0.5) is 0 Å². The van der Waals surface area contributed by atoms with Crippen molar-refractivity contribution in [3.63, 3.8) is 0 Å². The number of nitrogens with two attached hydrogens (primary N) is 1. The van der Waals surface area contributed by atoms with Crippen LogP contribution in [0, 0.1) is 17.8 Å². The second-order valence-corrected chi connectivity index (χ2v) is 7.82. The van der Waals surface area contributed by atoms with E-state index in [1.54, 1.807) is 0 Å². The summed E-state index contributed by atoms with van der Waals surface area (Å²) in [4.78, 5) is 16.5. The van der Waals surface area contributed by atoms with Crippen LogP contribution in [0.3, 0.4) is 0 Å². The third kappa shape index (κ3) is 4.46. The van der Waals surface area contributed by atoms with Crippen molar-refractivity contribution in [1.29, 1.82) is 0 Å². The van der Waals surface area contributed by atoms with E-state index in [0.717, 1.165) is 51.0 Å². The number of likely N-dealkylation sites (tertiary alicyclic amines) is 2. The van der Waals surface area contributed by atoms with E-state index in [1.807, 2.05) is 0 Å². The minimum Gasteiger partial charge on any atom is -0.381 e. The van der Waals surface area contributed by atoms with Gasteiger partial charge < -0.3 is 20.3 Å². The maximum absolute atomic E-state index is 11.3. The summed E-state index contributed by atoms with van der Waals surface area (Å²) in [6, 6.07) is 0.699. The molecule has 0 bridgehead atoms. The van der Waals surface area contributed by atoms with Crippen LogP contribution >= 0.6 is 0 Å². The fraction of sp³-hybridized carbons (Fsp3) is 0.944. The van der Waals surface area contributed by atoms with E-state index in [1.165, 1.54) is 38.9 Å². The predicted molar refractivity (Wildman–Crippen MR) is 91.0 cm³/mol. The van der Waals surface area contributed by atoms with Gasteiger partial charge in [0, 0.05) is 38.3 Å². The van der Waals surface area contributed by atoms with Crippen molar-refractivity contribution in [2.45, 2.75) is 45.1 Å². The first-order valence-corrected chi connectivity index (χ1v) is 9.47. The van der Waals surface area contributed by atoms with Crippen LogP contribution in [0.15, 0.2) is 0 Å². The van der Waals surface area contributed by atoms with Gasteiger partial charge >= 0.3 is 0 Å². The van der Waals surface area contributed by atoms with Crippen molar-refractivity contribution in [3.8, 4) is 0 Å². The average Bonchev–Trinajstić information content (AvgIpc) is 3.04. The van der Waals surface area contributed by atoms with Crippen LogP contribution in [0.25, 0.3) is 0 Å². The molecule has 0 aromatic carbocycles. The molecule has 0 radical (unpaired) electrons. The number of primary amides is 1. The van der Waals surface area contributed by atoms with Gasteiger partial charge in [-0.05, 0) is 70.5 Å². The predicted octanol–water partition coefficient (Wildman–Crippen LogP) is 1.32. The minimum absolute atomic E-state index is 0.109. The van der Waals surface area contributed by atoms with Crippen LogP contribution in [-0.2, 0) is 9.53 Å². The van der Waals surface area contributed by atoms with E-state index in [2.05, 4.69) is 16.7 Å². The van der Waals surface area contributed by atoms with E-state index < -0.39 is 0 Å². The lowest BCUT2D eigenvalue weighted by Crippen LogP contribution is -2.42. The van der Waals surface area contributed by atoms with Crippen LogP contribution in [0.2, 0.25) is 0 Å². The Morgan fingerprint density at radius 1 is 1.13 bits per heavy atom. The highest BCUT2D eigenvalue weighted by atomic mass is 16.5. The maximum Gasteiger partial charge on any atom is 0.220 e. The van der Waals surface area contributed by atoms with Crippen LogP contribution in [-0.4, -0.2) is 67.7 Å². The zero-order chi connectivity index (χ0) is 16.2. The molecule has 23 heavy (non-hydrogen) atoms. The van der Waals surface area contributed by atoms with Crippen LogP contribution in [0.1, 0.15) is 39.0 Å². The summed E-state index contributed by atoms with van der Waals surface area (Å²) < 4.78 is 5.50. The number of hydrogen-bond acceptors (Lipinski definition) is 4. The molecular formula is C18H33N3O2. The Morgan fingerprint density at radius 3 is 2.48 bits per heavy atom. The molecule has 3 aliphatic heterocycles. The van der Waals surface area contributed by atoms with Crippen LogP contribution in [0.5, 0.6) is 0 Å². The van der Waals surface area contributed by atoms with Crippen molar-refractivity contribution in [3.05, 3.63) is 0 Å². The highest BCUT2D eigenvalue weighted by Crippen LogP contribution is 2.28. The number of carbonyl (C=O) groups is 1. The number of nitrogens with zero attached hydrogens (tertiary/aromatic N) is 2.